The van der Waals surface area contributed by atoms with E-state index in [1.54, 1.807) is 36.9 Å². The number of fused-ring (bicyclic) bond motifs is 1. The normalized spacial score (nSPS) is 12.9. The first-order valence-corrected chi connectivity index (χ1v) is 11.4. The standard InChI is InChI=1S/C12H10F3N.C7H10N2O.C6H12.CH5N/c1-7-3-4-10-9(5-7)8(2)6-11(16-10)12(13,14)15;1-4-6-5-9(2)8-7(6)10-3;1-2-4-6-5-3-1;1-2/h3-6H,1-2H3;4-5H,1H2,2-3H3;1-6H2;2H2,1H3. The molecule has 0 unspecified atom stereocenters. The minimum absolute atomic E-state index is 0.387. The van der Waals surface area contributed by atoms with Crippen LogP contribution in [0.2, 0.25) is 0 Å². The molecule has 0 radical (unpaired) electrons. The second-order valence-corrected chi connectivity index (χ2v) is 7.94. The smallest absolute Gasteiger partial charge is 0.433 e. The van der Waals surface area contributed by atoms with Gasteiger partial charge < -0.3 is 10.5 Å². The third-order valence-electron chi connectivity index (χ3n) is 5.20. The maximum absolute atomic E-state index is 12.5. The molecular formula is C26H37F3N4O. The molecule has 8 heteroatoms. The summed E-state index contributed by atoms with van der Waals surface area (Å²) in [4.78, 5) is 3.62. The van der Waals surface area contributed by atoms with E-state index < -0.39 is 11.9 Å². The summed E-state index contributed by atoms with van der Waals surface area (Å²) < 4.78 is 44.2. The van der Waals surface area contributed by atoms with Crippen LogP contribution in [0.5, 0.6) is 5.88 Å². The molecule has 2 N–H and O–H groups in total. The van der Waals surface area contributed by atoms with Crippen LogP contribution in [0.25, 0.3) is 17.0 Å². The van der Waals surface area contributed by atoms with Gasteiger partial charge in [0.05, 0.1) is 18.2 Å². The SMILES string of the molecule is C1CCCCC1.C=Cc1cn(C)nc1OC.CN.Cc1ccc2nc(C(F)(F)F)cc(C)c2c1. The molecule has 0 aliphatic heterocycles. The van der Waals surface area contributed by atoms with Gasteiger partial charge >= 0.3 is 6.18 Å². The van der Waals surface area contributed by atoms with Gasteiger partial charge in [-0.2, -0.15) is 13.2 Å². The predicted molar refractivity (Wildman–Crippen MR) is 134 cm³/mol. The number of hydrogen-bond acceptors (Lipinski definition) is 4. The number of ether oxygens (including phenoxy) is 1. The second kappa shape index (κ2) is 14.4. The first kappa shape index (κ1) is 29.2. The van der Waals surface area contributed by atoms with Gasteiger partial charge in [0, 0.05) is 18.6 Å². The van der Waals surface area contributed by atoms with Crippen molar-refractivity contribution < 1.29 is 17.9 Å². The van der Waals surface area contributed by atoms with Crippen LogP contribution in [-0.2, 0) is 13.2 Å². The Hall–Kier alpha value is -2.87. The third-order valence-corrected chi connectivity index (χ3v) is 5.20. The molecule has 0 bridgehead atoms. The molecule has 4 rings (SSSR count). The fourth-order valence-electron chi connectivity index (χ4n) is 3.50. The van der Waals surface area contributed by atoms with E-state index in [1.165, 1.54) is 45.6 Å². The van der Waals surface area contributed by atoms with Crippen LogP contribution in [0.4, 0.5) is 13.2 Å². The van der Waals surface area contributed by atoms with E-state index in [0.29, 0.717) is 17.0 Å². The average Bonchev–Trinajstić information content (AvgIpc) is 3.22. The molecule has 2 heterocycles. The average molecular weight is 479 g/mol. The highest BCUT2D eigenvalue weighted by Gasteiger charge is 2.32. The predicted octanol–water partition coefficient (Wildman–Crippen LogP) is 6.86. The number of pyridine rings is 1. The maximum atomic E-state index is 12.5. The first-order valence-electron chi connectivity index (χ1n) is 11.4. The number of nitrogens with zero attached hydrogens (tertiary/aromatic N) is 3. The van der Waals surface area contributed by atoms with Gasteiger partial charge in [-0.15, -0.1) is 5.10 Å². The minimum Gasteiger partial charge on any atom is -0.480 e. The molecule has 5 nitrogen and oxygen atoms in total. The number of benzene rings is 1. The number of aryl methyl sites for hydroxylation is 3. The number of rotatable bonds is 2. The van der Waals surface area contributed by atoms with E-state index in [9.17, 15) is 13.2 Å². The molecule has 34 heavy (non-hydrogen) atoms. The lowest BCUT2D eigenvalue weighted by Gasteiger charge is -2.09. The van der Waals surface area contributed by atoms with E-state index in [0.717, 1.165) is 22.6 Å². The Balaban J connectivity index is 0.000000273. The first-order chi connectivity index (χ1) is 16.2. The molecule has 0 atom stereocenters. The van der Waals surface area contributed by atoms with Crippen LogP contribution < -0.4 is 10.5 Å². The van der Waals surface area contributed by atoms with Crippen molar-refractivity contribution in [1.29, 1.82) is 0 Å². The number of methoxy groups -OCH3 is 1. The molecule has 1 aromatic carbocycles. The summed E-state index contributed by atoms with van der Waals surface area (Å²) in [5.41, 5.74) is 6.59. The van der Waals surface area contributed by atoms with Crippen LogP contribution in [0.3, 0.4) is 0 Å². The number of aromatic nitrogens is 3. The fourth-order valence-corrected chi connectivity index (χ4v) is 3.50. The number of halogens is 3. The summed E-state index contributed by atoms with van der Waals surface area (Å²) >= 11 is 0. The van der Waals surface area contributed by atoms with Crippen LogP contribution in [0.1, 0.15) is 60.9 Å². The van der Waals surface area contributed by atoms with Crippen molar-refractivity contribution in [2.45, 2.75) is 58.5 Å². The highest BCUT2D eigenvalue weighted by atomic mass is 19.4. The van der Waals surface area contributed by atoms with Gasteiger partial charge in [0.2, 0.25) is 5.88 Å². The zero-order valence-corrected chi connectivity index (χ0v) is 20.9. The van der Waals surface area contributed by atoms with Crippen molar-refractivity contribution in [3.05, 3.63) is 59.4 Å². The van der Waals surface area contributed by atoms with E-state index >= 15 is 0 Å². The Morgan fingerprint density at radius 3 is 2.03 bits per heavy atom. The van der Waals surface area contributed by atoms with E-state index in [1.807, 2.05) is 26.2 Å². The van der Waals surface area contributed by atoms with E-state index in [2.05, 4.69) is 22.4 Å². The van der Waals surface area contributed by atoms with Crippen LogP contribution in [0.15, 0.2) is 37.0 Å². The van der Waals surface area contributed by atoms with Crippen LogP contribution >= 0.6 is 0 Å². The molecule has 3 aromatic rings. The van der Waals surface area contributed by atoms with Gasteiger partial charge in [-0.1, -0.05) is 62.8 Å². The Bertz CT molecular complexity index is 1010. The molecular weight excluding hydrogens is 441 g/mol. The van der Waals surface area contributed by atoms with Crippen molar-refractivity contribution in [1.82, 2.24) is 14.8 Å². The molecule has 2 aromatic heterocycles. The van der Waals surface area contributed by atoms with Crippen molar-refractivity contribution in [2.24, 2.45) is 12.8 Å². The molecule has 0 saturated heterocycles. The summed E-state index contributed by atoms with van der Waals surface area (Å²) in [5.74, 6) is 0.623. The second-order valence-electron chi connectivity index (χ2n) is 7.94. The molecule has 1 aliphatic rings. The summed E-state index contributed by atoms with van der Waals surface area (Å²) in [7, 11) is 4.94. The van der Waals surface area contributed by atoms with Crippen molar-refractivity contribution in [3.63, 3.8) is 0 Å². The fraction of sp³-hybridized carbons (Fsp3) is 0.462. The number of alkyl halides is 3. The summed E-state index contributed by atoms with van der Waals surface area (Å²) in [6.07, 6.45) is 8.18. The lowest BCUT2D eigenvalue weighted by molar-refractivity contribution is -0.141. The Labute approximate surface area is 200 Å². The highest BCUT2D eigenvalue weighted by molar-refractivity contribution is 5.82. The zero-order valence-electron chi connectivity index (χ0n) is 20.9. The van der Waals surface area contributed by atoms with Gasteiger partial charge in [0.15, 0.2) is 0 Å². The summed E-state index contributed by atoms with van der Waals surface area (Å²) in [5, 5.41) is 4.79. The Kier molecular flexibility index (Phi) is 12.4. The van der Waals surface area contributed by atoms with Crippen LogP contribution in [0, 0.1) is 13.8 Å². The molecule has 0 spiro atoms. The summed E-state index contributed by atoms with van der Waals surface area (Å²) in [6.45, 7) is 7.18. The summed E-state index contributed by atoms with van der Waals surface area (Å²) in [6, 6.07) is 6.31. The lowest BCUT2D eigenvalue weighted by atomic mass is 10.0. The van der Waals surface area contributed by atoms with Crippen molar-refractivity contribution in [2.75, 3.05) is 14.2 Å². The molecule has 1 saturated carbocycles. The number of nitrogens with two attached hydrogens (primary N) is 1. The van der Waals surface area contributed by atoms with Gasteiger partial charge in [-0.3, -0.25) is 4.68 Å². The molecule has 1 fully saturated rings. The lowest BCUT2D eigenvalue weighted by Crippen LogP contribution is -2.08. The maximum Gasteiger partial charge on any atom is 0.433 e. The van der Waals surface area contributed by atoms with E-state index in [-0.39, 0.29) is 0 Å². The van der Waals surface area contributed by atoms with Gasteiger partial charge in [-0.05, 0) is 44.7 Å². The quantitative estimate of drug-likeness (QED) is 0.437. The largest absolute Gasteiger partial charge is 0.480 e. The van der Waals surface area contributed by atoms with E-state index in [4.69, 9.17) is 4.74 Å². The molecule has 1 aliphatic carbocycles. The van der Waals surface area contributed by atoms with Crippen molar-refractivity contribution >= 4 is 17.0 Å². The van der Waals surface area contributed by atoms with Crippen molar-refractivity contribution in [3.8, 4) is 5.88 Å². The monoisotopic (exact) mass is 478 g/mol. The topological polar surface area (TPSA) is 66.0 Å². The Morgan fingerprint density at radius 2 is 1.59 bits per heavy atom. The van der Waals surface area contributed by atoms with Gasteiger partial charge in [0.1, 0.15) is 5.69 Å². The van der Waals surface area contributed by atoms with Gasteiger partial charge in [-0.25, -0.2) is 4.98 Å². The highest BCUT2D eigenvalue weighted by Crippen LogP contribution is 2.30. The third kappa shape index (κ3) is 9.17. The Morgan fingerprint density at radius 1 is 1.03 bits per heavy atom. The minimum atomic E-state index is -4.39. The zero-order chi connectivity index (χ0) is 25.7. The number of hydrogen-bond donors (Lipinski definition) is 1. The molecule has 188 valence electrons. The van der Waals surface area contributed by atoms with Crippen LogP contribution in [-0.4, -0.2) is 28.9 Å². The molecule has 0 amide bonds. The van der Waals surface area contributed by atoms with Gasteiger partial charge in [0.25, 0.3) is 0 Å².